The third-order valence-electron chi connectivity index (χ3n) is 4.37. The normalized spacial score (nSPS) is 18.3. The highest BCUT2D eigenvalue weighted by atomic mass is 35.5. The fraction of sp³-hybridized carbons (Fsp3) is 0. The number of hydrogen-bond acceptors (Lipinski definition) is 4. The summed E-state index contributed by atoms with van der Waals surface area (Å²) in [5.74, 6) is -1.10. The first-order valence-electron chi connectivity index (χ1n) is 16.9. The van der Waals surface area contributed by atoms with Crippen molar-refractivity contribution in [2.24, 2.45) is 0 Å². The Kier molecular flexibility index (Phi) is 2.01. The van der Waals surface area contributed by atoms with Gasteiger partial charge in [-0.05, 0) is 29.2 Å². The number of halogens is 1. The summed E-state index contributed by atoms with van der Waals surface area (Å²) in [5.41, 5.74) is -2.94. The Bertz CT molecular complexity index is 2420. The minimum absolute atomic E-state index is 0.273. The van der Waals surface area contributed by atoms with Crippen molar-refractivity contribution in [2.75, 3.05) is 0 Å². The number of nitrogens with zero attached hydrogens (tertiary/aromatic N) is 3. The van der Waals surface area contributed by atoms with Gasteiger partial charge < -0.3 is 4.42 Å². The number of fused-ring (bicyclic) bond motifs is 3. The van der Waals surface area contributed by atoms with Gasteiger partial charge in [0.05, 0.1) is 21.9 Å². The second-order valence-corrected chi connectivity index (χ2v) is 6.60. The molecule has 2 heterocycles. The standard InChI is InChI=1S/C27H16ClN3O/c28-27-30-25(17-8-2-1-3-9-17)29-26(31-27)19-11-6-10-18(16-19)20-13-7-14-22-21-12-4-5-15-23(21)32-24(20)22/h1-16H/i1D,2D,3D,4D,5D,6D,7D,8D,9D,10D,11D,12D,13D,14D,15D,16D. The van der Waals surface area contributed by atoms with E-state index in [1.54, 1.807) is 0 Å². The van der Waals surface area contributed by atoms with Crippen molar-refractivity contribution in [3.8, 4) is 33.9 Å². The van der Waals surface area contributed by atoms with E-state index in [1.165, 1.54) is 0 Å². The Hall–Kier alpha value is -4.02. The molecule has 152 valence electrons. The highest BCUT2D eigenvalue weighted by molar-refractivity contribution is 6.28. The summed E-state index contributed by atoms with van der Waals surface area (Å²) in [4.78, 5) is 12.0. The largest absolute Gasteiger partial charge is 0.455 e. The summed E-state index contributed by atoms with van der Waals surface area (Å²) in [6, 6.07) is -11.2. The average molecular weight is 450 g/mol. The monoisotopic (exact) mass is 449 g/mol. The molecule has 0 atom stereocenters. The second-order valence-electron chi connectivity index (χ2n) is 6.26. The molecule has 2 aromatic heterocycles. The Morgan fingerprint density at radius 2 is 1.28 bits per heavy atom. The number of benzene rings is 4. The first kappa shape index (κ1) is 8.49. The zero-order chi connectivity index (χ0) is 35.4. The lowest BCUT2D eigenvalue weighted by molar-refractivity contribution is 0.670. The molecule has 0 N–H and O–H groups in total. The Morgan fingerprint density at radius 3 is 2.16 bits per heavy atom. The topological polar surface area (TPSA) is 51.8 Å². The van der Waals surface area contributed by atoms with E-state index in [2.05, 4.69) is 15.0 Å². The molecule has 0 fully saturated rings. The van der Waals surface area contributed by atoms with Crippen LogP contribution in [-0.2, 0) is 0 Å². The quantitative estimate of drug-likeness (QED) is 0.282. The molecule has 6 rings (SSSR count). The van der Waals surface area contributed by atoms with Crippen LogP contribution in [0.5, 0.6) is 0 Å². The van der Waals surface area contributed by atoms with Crippen LogP contribution in [0.2, 0.25) is 5.28 Å². The smallest absolute Gasteiger partial charge is 0.226 e. The van der Waals surface area contributed by atoms with Crippen LogP contribution in [0.25, 0.3) is 55.8 Å². The van der Waals surface area contributed by atoms with Gasteiger partial charge >= 0.3 is 0 Å². The molecular formula is C27H16ClN3O. The molecule has 4 aromatic carbocycles. The number of rotatable bonds is 3. The molecule has 0 aliphatic heterocycles. The summed E-state index contributed by atoms with van der Waals surface area (Å²) in [6.07, 6.45) is 0. The van der Waals surface area contributed by atoms with Crippen molar-refractivity contribution >= 4 is 33.5 Å². The molecule has 5 heteroatoms. The first-order valence-corrected chi connectivity index (χ1v) is 9.32. The summed E-state index contributed by atoms with van der Waals surface area (Å²) >= 11 is 6.16. The fourth-order valence-corrected chi connectivity index (χ4v) is 3.18. The van der Waals surface area contributed by atoms with Crippen LogP contribution in [0.3, 0.4) is 0 Å². The third kappa shape index (κ3) is 3.22. The second kappa shape index (κ2) is 7.59. The van der Waals surface area contributed by atoms with E-state index in [-0.39, 0.29) is 10.8 Å². The molecule has 4 nitrogen and oxygen atoms in total. The summed E-state index contributed by atoms with van der Waals surface area (Å²) in [7, 11) is 0. The number of furan rings is 1. The average Bonchev–Trinajstić information content (AvgIpc) is 3.44. The maximum absolute atomic E-state index is 9.12. The van der Waals surface area contributed by atoms with Crippen LogP contribution < -0.4 is 0 Å². The van der Waals surface area contributed by atoms with E-state index in [0.29, 0.717) is 0 Å². The molecular weight excluding hydrogens is 418 g/mol. The maximum atomic E-state index is 9.12. The molecule has 0 saturated heterocycles. The van der Waals surface area contributed by atoms with E-state index in [9.17, 15) is 0 Å². The Morgan fingerprint density at radius 1 is 0.625 bits per heavy atom. The molecule has 0 saturated carbocycles. The lowest BCUT2D eigenvalue weighted by Gasteiger charge is -2.07. The van der Waals surface area contributed by atoms with Crippen LogP contribution in [0.15, 0.2) is 101 Å². The van der Waals surface area contributed by atoms with Crippen molar-refractivity contribution in [2.45, 2.75) is 0 Å². The van der Waals surface area contributed by atoms with Crippen LogP contribution in [0.4, 0.5) is 0 Å². The molecule has 0 bridgehead atoms. The Labute approximate surface area is 211 Å². The van der Waals surface area contributed by atoms with Crippen LogP contribution in [-0.4, -0.2) is 15.0 Å². The lowest BCUT2D eigenvalue weighted by atomic mass is 10.0. The third-order valence-corrected chi connectivity index (χ3v) is 4.54. The van der Waals surface area contributed by atoms with E-state index < -0.39 is 147 Å². The van der Waals surface area contributed by atoms with Crippen LogP contribution in [0.1, 0.15) is 21.9 Å². The minimum Gasteiger partial charge on any atom is -0.455 e. The number of para-hydroxylation sites is 2. The van der Waals surface area contributed by atoms with Gasteiger partial charge in [-0.25, -0.2) is 4.98 Å². The lowest BCUT2D eigenvalue weighted by Crippen LogP contribution is -1.97. The molecule has 32 heavy (non-hydrogen) atoms. The van der Waals surface area contributed by atoms with Crippen molar-refractivity contribution in [3.63, 3.8) is 0 Å². The van der Waals surface area contributed by atoms with Gasteiger partial charge in [-0.15, -0.1) is 0 Å². The summed E-state index contributed by atoms with van der Waals surface area (Å²) in [5, 5.41) is -1.16. The van der Waals surface area contributed by atoms with E-state index in [0.717, 1.165) is 0 Å². The van der Waals surface area contributed by atoms with Gasteiger partial charge in [0.15, 0.2) is 11.6 Å². The van der Waals surface area contributed by atoms with Gasteiger partial charge in [-0.2, -0.15) is 9.97 Å². The van der Waals surface area contributed by atoms with Gasteiger partial charge in [0, 0.05) is 27.5 Å². The first-order chi connectivity index (χ1) is 22.4. The van der Waals surface area contributed by atoms with Crippen LogP contribution >= 0.6 is 11.6 Å². The van der Waals surface area contributed by atoms with Crippen molar-refractivity contribution in [3.05, 3.63) is 102 Å². The molecule has 0 aliphatic carbocycles. The molecule has 0 amide bonds. The van der Waals surface area contributed by atoms with Crippen molar-refractivity contribution in [1.29, 1.82) is 0 Å². The molecule has 0 unspecified atom stereocenters. The van der Waals surface area contributed by atoms with Gasteiger partial charge in [-0.1, -0.05) is 84.6 Å². The molecule has 0 spiro atoms. The van der Waals surface area contributed by atoms with Gasteiger partial charge in [-0.3, -0.25) is 0 Å². The van der Waals surface area contributed by atoms with Crippen molar-refractivity contribution in [1.82, 2.24) is 15.0 Å². The van der Waals surface area contributed by atoms with Gasteiger partial charge in [0.2, 0.25) is 5.28 Å². The highest BCUT2D eigenvalue weighted by Crippen LogP contribution is 2.36. The number of hydrogen-bond donors (Lipinski definition) is 0. The summed E-state index contributed by atoms with van der Waals surface area (Å²) in [6.45, 7) is 0. The highest BCUT2D eigenvalue weighted by Gasteiger charge is 2.14. The van der Waals surface area contributed by atoms with Crippen LogP contribution in [0, 0.1) is 0 Å². The van der Waals surface area contributed by atoms with Crippen molar-refractivity contribution < 1.29 is 26.3 Å². The molecule has 6 aromatic rings. The Balaban J connectivity index is 1.74. The predicted octanol–water partition coefficient (Wildman–Crippen LogP) is 7.43. The SMILES string of the molecule is [2H]c1c([2H])c([2H])c(-c2nc(Cl)nc(-c3c([2H])c([2H])c([2H])c(-c4c([2H])c([2H])c([2H])c5c4oc4c([2H])c([2H])c([2H])c([2H])c45)c3[2H])n2)c([2H])c1[2H]. The summed E-state index contributed by atoms with van der Waals surface area (Å²) < 4.78 is 140. The minimum atomic E-state index is -0.814. The van der Waals surface area contributed by atoms with Gasteiger partial charge in [0.1, 0.15) is 11.2 Å². The molecule has 0 radical (unpaired) electrons. The fourth-order valence-electron chi connectivity index (χ4n) is 3.02. The van der Waals surface area contributed by atoms with E-state index >= 15 is 0 Å². The number of aromatic nitrogens is 3. The van der Waals surface area contributed by atoms with E-state index in [4.69, 9.17) is 38.0 Å². The maximum Gasteiger partial charge on any atom is 0.226 e. The zero-order valence-electron chi connectivity index (χ0n) is 31.6. The zero-order valence-corrected chi connectivity index (χ0v) is 16.4. The van der Waals surface area contributed by atoms with Gasteiger partial charge in [0.25, 0.3) is 0 Å². The predicted molar refractivity (Wildman–Crippen MR) is 128 cm³/mol. The molecule has 0 aliphatic rings. The van der Waals surface area contributed by atoms with E-state index in [1.807, 2.05) is 0 Å².